The van der Waals surface area contributed by atoms with E-state index in [2.05, 4.69) is 0 Å². The fourth-order valence-corrected chi connectivity index (χ4v) is 4.08. The molecule has 2 aliphatic rings. The summed E-state index contributed by atoms with van der Waals surface area (Å²) < 4.78 is 0. The molecule has 0 saturated heterocycles. The zero-order valence-corrected chi connectivity index (χ0v) is 14.2. The number of hydrogen-bond acceptors (Lipinski definition) is 3. The van der Waals surface area contributed by atoms with E-state index in [1.54, 1.807) is 12.1 Å². The summed E-state index contributed by atoms with van der Waals surface area (Å²) in [6.07, 6.45) is 2.06. The Morgan fingerprint density at radius 1 is 1.00 bits per heavy atom. The minimum absolute atomic E-state index is 0.0509. The van der Waals surface area contributed by atoms with E-state index >= 15 is 0 Å². The maximum absolute atomic E-state index is 13.0. The molecule has 5 nitrogen and oxygen atoms in total. The van der Waals surface area contributed by atoms with Gasteiger partial charge in [-0.2, -0.15) is 0 Å². The van der Waals surface area contributed by atoms with Crippen molar-refractivity contribution in [3.63, 3.8) is 0 Å². The lowest BCUT2D eigenvalue weighted by Crippen LogP contribution is -2.51. The van der Waals surface area contributed by atoms with Gasteiger partial charge in [0.25, 0.3) is 11.8 Å². The molecule has 0 spiro atoms. The van der Waals surface area contributed by atoms with Gasteiger partial charge in [-0.05, 0) is 53.8 Å². The van der Waals surface area contributed by atoms with Crippen LogP contribution in [-0.4, -0.2) is 33.8 Å². The van der Waals surface area contributed by atoms with Crippen molar-refractivity contribution in [3.8, 4) is 0 Å². The molecular weight excluding hydrogens is 318 g/mol. The number of carboxylic acid groups (broad SMARTS) is 1. The van der Waals surface area contributed by atoms with Crippen LogP contribution in [0.3, 0.4) is 0 Å². The van der Waals surface area contributed by atoms with Crippen LogP contribution in [0.25, 0.3) is 10.8 Å². The summed E-state index contributed by atoms with van der Waals surface area (Å²) in [5, 5.41) is 11.3. The highest BCUT2D eigenvalue weighted by Gasteiger charge is 2.41. The van der Waals surface area contributed by atoms with E-state index < -0.39 is 23.8 Å². The number of aliphatic carboxylic acids is 1. The van der Waals surface area contributed by atoms with Crippen molar-refractivity contribution in [2.75, 3.05) is 0 Å². The highest BCUT2D eigenvalue weighted by atomic mass is 16.4. The fourth-order valence-electron chi connectivity index (χ4n) is 4.08. The Balaban J connectivity index is 1.92. The Hall–Kier alpha value is -2.69. The van der Waals surface area contributed by atoms with Crippen LogP contribution in [0.1, 0.15) is 52.1 Å². The zero-order valence-electron chi connectivity index (χ0n) is 14.2. The minimum Gasteiger partial charge on any atom is -0.480 e. The minimum atomic E-state index is -1.15. The quantitative estimate of drug-likeness (QED) is 0.870. The number of rotatable bonds is 4. The number of aryl methyl sites for hydroxylation is 2. The summed E-state index contributed by atoms with van der Waals surface area (Å²) >= 11 is 0. The SMILES string of the molecule is CC(C)C[C@@H](C(=O)O)N1C(=O)c2ccc3c4c(ccc(c24)C1=O)CC3. The highest BCUT2D eigenvalue weighted by Crippen LogP contribution is 2.39. The lowest BCUT2D eigenvalue weighted by molar-refractivity contribution is -0.142. The fraction of sp³-hybridized carbons (Fsp3) is 0.350. The van der Waals surface area contributed by atoms with Crippen LogP contribution in [0.15, 0.2) is 24.3 Å². The molecule has 1 aliphatic carbocycles. The van der Waals surface area contributed by atoms with Crippen LogP contribution in [-0.2, 0) is 17.6 Å². The lowest BCUT2D eigenvalue weighted by atomic mass is 9.89. The topological polar surface area (TPSA) is 74.7 Å². The standard InChI is InChI=1S/C20H19NO4/c1-10(2)9-15(20(24)25)21-18(22)13-7-5-11-3-4-12-6-8-14(19(21)23)17(13)16(11)12/h5-8,10,15H,3-4,9H2,1-2H3,(H,24,25)/t15-/m0/s1. The molecule has 2 aromatic rings. The molecule has 4 rings (SSSR count). The number of hydrogen-bond donors (Lipinski definition) is 1. The van der Waals surface area contributed by atoms with Crippen molar-refractivity contribution in [1.82, 2.24) is 4.90 Å². The Labute approximate surface area is 145 Å². The van der Waals surface area contributed by atoms with E-state index in [1.165, 1.54) is 0 Å². The molecule has 0 aromatic heterocycles. The maximum atomic E-state index is 13.0. The van der Waals surface area contributed by atoms with Gasteiger partial charge in [0, 0.05) is 16.5 Å². The van der Waals surface area contributed by atoms with Gasteiger partial charge in [-0.25, -0.2) is 4.79 Å². The molecule has 25 heavy (non-hydrogen) atoms. The van der Waals surface area contributed by atoms with Crippen molar-refractivity contribution < 1.29 is 19.5 Å². The molecule has 5 heteroatoms. The molecule has 1 atom stereocenters. The van der Waals surface area contributed by atoms with Gasteiger partial charge < -0.3 is 5.11 Å². The third-order valence-corrected chi connectivity index (χ3v) is 5.19. The molecule has 0 unspecified atom stereocenters. The van der Waals surface area contributed by atoms with Crippen LogP contribution < -0.4 is 0 Å². The third-order valence-electron chi connectivity index (χ3n) is 5.19. The second kappa shape index (κ2) is 5.41. The summed E-state index contributed by atoms with van der Waals surface area (Å²) in [7, 11) is 0. The number of carbonyl (C=O) groups excluding carboxylic acids is 2. The molecular formula is C20H19NO4. The van der Waals surface area contributed by atoms with E-state index in [4.69, 9.17) is 0 Å². The smallest absolute Gasteiger partial charge is 0.326 e. The summed E-state index contributed by atoms with van der Waals surface area (Å²) in [5.74, 6) is -2.09. The average molecular weight is 337 g/mol. The molecule has 1 heterocycles. The molecule has 1 N–H and O–H groups in total. The number of imide groups is 1. The van der Waals surface area contributed by atoms with Gasteiger partial charge >= 0.3 is 5.97 Å². The first-order valence-electron chi connectivity index (χ1n) is 8.58. The first-order chi connectivity index (χ1) is 11.9. The number of amides is 2. The summed E-state index contributed by atoms with van der Waals surface area (Å²) in [4.78, 5) is 38.7. The van der Waals surface area contributed by atoms with Gasteiger partial charge in [0.15, 0.2) is 0 Å². The highest BCUT2D eigenvalue weighted by molar-refractivity contribution is 6.27. The van der Waals surface area contributed by atoms with E-state index in [0.717, 1.165) is 34.3 Å². The molecule has 0 fully saturated rings. The van der Waals surface area contributed by atoms with Gasteiger partial charge in [0.2, 0.25) is 0 Å². The first-order valence-corrected chi connectivity index (χ1v) is 8.58. The number of carboxylic acids is 1. The second-order valence-corrected chi connectivity index (χ2v) is 7.26. The van der Waals surface area contributed by atoms with Gasteiger partial charge in [-0.3, -0.25) is 14.5 Å². The molecule has 128 valence electrons. The third kappa shape index (κ3) is 2.18. The Morgan fingerprint density at radius 3 is 1.96 bits per heavy atom. The normalized spacial score (nSPS) is 16.8. The number of benzene rings is 2. The van der Waals surface area contributed by atoms with Crippen molar-refractivity contribution in [3.05, 3.63) is 46.5 Å². The summed E-state index contributed by atoms with van der Waals surface area (Å²) in [6.45, 7) is 3.76. The average Bonchev–Trinajstić information content (AvgIpc) is 2.98. The van der Waals surface area contributed by atoms with Gasteiger partial charge in [-0.15, -0.1) is 0 Å². The first kappa shape index (κ1) is 15.8. The Kier molecular flexibility index (Phi) is 3.42. The molecule has 0 bridgehead atoms. The van der Waals surface area contributed by atoms with E-state index in [0.29, 0.717) is 16.5 Å². The van der Waals surface area contributed by atoms with E-state index in [9.17, 15) is 19.5 Å². The summed E-state index contributed by atoms with van der Waals surface area (Å²) in [5.41, 5.74) is 3.18. The van der Waals surface area contributed by atoms with Crippen LogP contribution in [0.5, 0.6) is 0 Å². The Bertz CT molecular complexity index is 886. The van der Waals surface area contributed by atoms with E-state index in [-0.39, 0.29) is 12.3 Å². The van der Waals surface area contributed by atoms with Crippen molar-refractivity contribution in [2.45, 2.75) is 39.2 Å². The largest absolute Gasteiger partial charge is 0.480 e. The molecule has 0 saturated carbocycles. The van der Waals surface area contributed by atoms with Gasteiger partial charge in [0.1, 0.15) is 6.04 Å². The Morgan fingerprint density at radius 2 is 1.52 bits per heavy atom. The lowest BCUT2D eigenvalue weighted by Gasteiger charge is -2.32. The number of carbonyl (C=O) groups is 3. The molecule has 2 amide bonds. The molecule has 1 aliphatic heterocycles. The van der Waals surface area contributed by atoms with Crippen molar-refractivity contribution in [1.29, 1.82) is 0 Å². The number of nitrogens with zero attached hydrogens (tertiary/aromatic N) is 1. The molecule has 0 radical (unpaired) electrons. The maximum Gasteiger partial charge on any atom is 0.326 e. The van der Waals surface area contributed by atoms with Crippen LogP contribution in [0.4, 0.5) is 0 Å². The predicted molar refractivity (Wildman–Crippen MR) is 92.7 cm³/mol. The monoisotopic (exact) mass is 337 g/mol. The van der Waals surface area contributed by atoms with Crippen LogP contribution in [0, 0.1) is 5.92 Å². The van der Waals surface area contributed by atoms with E-state index in [1.807, 2.05) is 26.0 Å². The second-order valence-electron chi connectivity index (χ2n) is 7.26. The van der Waals surface area contributed by atoms with Crippen molar-refractivity contribution >= 4 is 28.6 Å². The van der Waals surface area contributed by atoms with Gasteiger partial charge in [0.05, 0.1) is 0 Å². The van der Waals surface area contributed by atoms with Crippen molar-refractivity contribution in [2.24, 2.45) is 5.92 Å². The van der Waals surface area contributed by atoms with Gasteiger partial charge in [-0.1, -0.05) is 26.0 Å². The van der Waals surface area contributed by atoms with Crippen LogP contribution in [0.2, 0.25) is 0 Å². The predicted octanol–water partition coefficient (Wildman–Crippen LogP) is 3.03. The zero-order chi connectivity index (χ0) is 17.9. The van der Waals surface area contributed by atoms with Crippen LogP contribution >= 0.6 is 0 Å². The summed E-state index contributed by atoms with van der Waals surface area (Å²) in [6, 6.07) is 6.20. The molecule has 2 aromatic carbocycles.